The molecule has 0 spiro atoms. The molecule has 0 saturated carbocycles. The van der Waals surface area contributed by atoms with Crippen molar-refractivity contribution in [2.75, 3.05) is 6.61 Å². The molecule has 2 aromatic rings. The molecular formula is C16H17FO. The van der Waals surface area contributed by atoms with Crippen molar-refractivity contribution in [3.63, 3.8) is 0 Å². The van der Waals surface area contributed by atoms with Crippen LogP contribution in [0.25, 0.3) is 11.1 Å². The van der Waals surface area contributed by atoms with Gasteiger partial charge in [0.2, 0.25) is 0 Å². The Morgan fingerprint density at radius 2 is 1.78 bits per heavy atom. The van der Waals surface area contributed by atoms with Gasteiger partial charge in [-0.25, -0.2) is 4.39 Å². The predicted molar refractivity (Wildman–Crippen MR) is 72.4 cm³/mol. The molecule has 0 N–H and O–H groups in total. The number of hydrogen-bond donors (Lipinski definition) is 0. The molecule has 0 fully saturated rings. The van der Waals surface area contributed by atoms with E-state index in [1.165, 1.54) is 0 Å². The third kappa shape index (κ3) is 2.89. The van der Waals surface area contributed by atoms with E-state index in [0.717, 1.165) is 23.3 Å². The van der Waals surface area contributed by atoms with Gasteiger partial charge in [-0.3, -0.25) is 0 Å². The first kappa shape index (κ1) is 12.6. The minimum Gasteiger partial charge on any atom is -0.494 e. The lowest BCUT2D eigenvalue weighted by Gasteiger charge is -2.07. The second-order valence-electron chi connectivity index (χ2n) is 4.36. The molecule has 1 nitrogen and oxygen atoms in total. The van der Waals surface area contributed by atoms with Crippen molar-refractivity contribution in [3.05, 3.63) is 53.8 Å². The Labute approximate surface area is 107 Å². The Bertz CT molecular complexity index is 517. The number of benzene rings is 2. The Hall–Kier alpha value is -1.83. The standard InChI is InChI=1S/C16H17FO/c1-3-10-18-14-7-5-13(6-8-14)15-9-4-12(2)11-16(15)17/h4-9,11H,3,10H2,1-2H3. The molecule has 0 radical (unpaired) electrons. The normalized spacial score (nSPS) is 10.4. The first-order chi connectivity index (χ1) is 8.70. The molecule has 0 aliphatic rings. The number of hydrogen-bond acceptors (Lipinski definition) is 1. The highest BCUT2D eigenvalue weighted by Crippen LogP contribution is 2.25. The van der Waals surface area contributed by atoms with E-state index in [4.69, 9.17) is 4.74 Å². The summed E-state index contributed by atoms with van der Waals surface area (Å²) in [4.78, 5) is 0. The lowest BCUT2D eigenvalue weighted by atomic mass is 10.0. The van der Waals surface area contributed by atoms with Crippen molar-refractivity contribution in [1.82, 2.24) is 0 Å². The van der Waals surface area contributed by atoms with Crippen LogP contribution in [0.3, 0.4) is 0 Å². The Kier molecular flexibility index (Phi) is 3.98. The number of aryl methyl sites for hydroxylation is 1. The highest BCUT2D eigenvalue weighted by molar-refractivity contribution is 5.65. The van der Waals surface area contributed by atoms with Gasteiger partial charge < -0.3 is 4.74 Å². The first-order valence-electron chi connectivity index (χ1n) is 6.20. The number of ether oxygens (including phenoxy) is 1. The largest absolute Gasteiger partial charge is 0.494 e. The minimum atomic E-state index is -0.183. The monoisotopic (exact) mass is 244 g/mol. The van der Waals surface area contributed by atoms with Crippen LogP contribution in [0, 0.1) is 12.7 Å². The molecule has 0 unspecified atom stereocenters. The van der Waals surface area contributed by atoms with Crippen LogP contribution in [0.2, 0.25) is 0 Å². The molecule has 0 heterocycles. The van der Waals surface area contributed by atoms with Crippen LogP contribution < -0.4 is 4.74 Å². The van der Waals surface area contributed by atoms with Gasteiger partial charge in [-0.2, -0.15) is 0 Å². The van der Waals surface area contributed by atoms with Gasteiger partial charge in [0.1, 0.15) is 11.6 Å². The van der Waals surface area contributed by atoms with Crippen LogP contribution in [-0.4, -0.2) is 6.61 Å². The summed E-state index contributed by atoms with van der Waals surface area (Å²) in [6.45, 7) is 4.66. The number of halogens is 1. The van der Waals surface area contributed by atoms with Crippen LogP contribution in [0.15, 0.2) is 42.5 Å². The molecule has 0 saturated heterocycles. The zero-order chi connectivity index (χ0) is 13.0. The maximum Gasteiger partial charge on any atom is 0.131 e. The van der Waals surface area contributed by atoms with Gasteiger partial charge in [-0.05, 0) is 42.7 Å². The summed E-state index contributed by atoms with van der Waals surface area (Å²) in [7, 11) is 0. The molecule has 2 rings (SSSR count). The van der Waals surface area contributed by atoms with E-state index in [-0.39, 0.29) is 5.82 Å². The van der Waals surface area contributed by atoms with Gasteiger partial charge in [-0.1, -0.05) is 31.2 Å². The molecule has 18 heavy (non-hydrogen) atoms. The van der Waals surface area contributed by atoms with Crippen LogP contribution in [0.4, 0.5) is 4.39 Å². The summed E-state index contributed by atoms with van der Waals surface area (Å²) < 4.78 is 19.3. The summed E-state index contributed by atoms with van der Waals surface area (Å²) in [5.41, 5.74) is 2.43. The summed E-state index contributed by atoms with van der Waals surface area (Å²) in [6.07, 6.45) is 0.980. The van der Waals surface area contributed by atoms with Crippen molar-refractivity contribution >= 4 is 0 Å². The van der Waals surface area contributed by atoms with E-state index in [0.29, 0.717) is 12.2 Å². The Morgan fingerprint density at radius 1 is 1.06 bits per heavy atom. The van der Waals surface area contributed by atoms with Crippen molar-refractivity contribution < 1.29 is 9.13 Å². The van der Waals surface area contributed by atoms with Crippen LogP contribution in [0.1, 0.15) is 18.9 Å². The zero-order valence-electron chi connectivity index (χ0n) is 10.7. The highest BCUT2D eigenvalue weighted by atomic mass is 19.1. The van der Waals surface area contributed by atoms with E-state index >= 15 is 0 Å². The topological polar surface area (TPSA) is 9.23 Å². The second kappa shape index (κ2) is 5.67. The highest BCUT2D eigenvalue weighted by Gasteiger charge is 2.05. The SMILES string of the molecule is CCCOc1ccc(-c2ccc(C)cc2F)cc1. The summed E-state index contributed by atoms with van der Waals surface area (Å²) in [5.74, 6) is 0.644. The van der Waals surface area contributed by atoms with Gasteiger partial charge in [0.25, 0.3) is 0 Å². The quantitative estimate of drug-likeness (QED) is 0.764. The molecule has 0 atom stereocenters. The third-order valence-electron chi connectivity index (χ3n) is 2.76. The Morgan fingerprint density at radius 3 is 2.39 bits per heavy atom. The van der Waals surface area contributed by atoms with Crippen LogP contribution in [-0.2, 0) is 0 Å². The molecule has 2 heteroatoms. The maximum atomic E-state index is 13.8. The van der Waals surface area contributed by atoms with Crippen molar-refractivity contribution in [2.24, 2.45) is 0 Å². The molecule has 0 aliphatic carbocycles. The lowest BCUT2D eigenvalue weighted by molar-refractivity contribution is 0.317. The van der Waals surface area contributed by atoms with Gasteiger partial charge in [0.05, 0.1) is 6.61 Å². The van der Waals surface area contributed by atoms with E-state index in [1.54, 1.807) is 6.07 Å². The predicted octanol–water partition coefficient (Wildman–Crippen LogP) is 4.59. The molecule has 0 bridgehead atoms. The lowest BCUT2D eigenvalue weighted by Crippen LogP contribution is -1.94. The fourth-order valence-electron chi connectivity index (χ4n) is 1.80. The average molecular weight is 244 g/mol. The fourth-order valence-corrected chi connectivity index (χ4v) is 1.80. The van der Waals surface area contributed by atoms with Crippen molar-refractivity contribution in [3.8, 4) is 16.9 Å². The second-order valence-corrected chi connectivity index (χ2v) is 4.36. The molecular weight excluding hydrogens is 227 g/mol. The zero-order valence-corrected chi connectivity index (χ0v) is 10.7. The van der Waals surface area contributed by atoms with Crippen LogP contribution in [0.5, 0.6) is 5.75 Å². The fraction of sp³-hybridized carbons (Fsp3) is 0.250. The molecule has 0 aliphatic heterocycles. The first-order valence-corrected chi connectivity index (χ1v) is 6.20. The molecule has 0 aromatic heterocycles. The van der Waals surface area contributed by atoms with Crippen molar-refractivity contribution in [1.29, 1.82) is 0 Å². The Balaban J connectivity index is 2.23. The van der Waals surface area contributed by atoms with Gasteiger partial charge in [0.15, 0.2) is 0 Å². The van der Waals surface area contributed by atoms with Crippen molar-refractivity contribution in [2.45, 2.75) is 20.3 Å². The summed E-state index contributed by atoms with van der Waals surface area (Å²) in [6, 6.07) is 12.8. The van der Waals surface area contributed by atoms with Gasteiger partial charge in [-0.15, -0.1) is 0 Å². The number of rotatable bonds is 4. The molecule has 0 amide bonds. The molecule has 2 aromatic carbocycles. The van der Waals surface area contributed by atoms with E-state index < -0.39 is 0 Å². The van der Waals surface area contributed by atoms with Gasteiger partial charge >= 0.3 is 0 Å². The average Bonchev–Trinajstić information content (AvgIpc) is 2.37. The van der Waals surface area contributed by atoms with E-state index in [1.807, 2.05) is 43.3 Å². The summed E-state index contributed by atoms with van der Waals surface area (Å²) in [5, 5.41) is 0. The minimum absolute atomic E-state index is 0.183. The summed E-state index contributed by atoms with van der Waals surface area (Å²) >= 11 is 0. The van der Waals surface area contributed by atoms with Gasteiger partial charge in [0, 0.05) is 5.56 Å². The van der Waals surface area contributed by atoms with E-state index in [9.17, 15) is 4.39 Å². The third-order valence-corrected chi connectivity index (χ3v) is 2.76. The van der Waals surface area contributed by atoms with E-state index in [2.05, 4.69) is 6.92 Å². The maximum absolute atomic E-state index is 13.8. The van der Waals surface area contributed by atoms with Crippen LogP contribution >= 0.6 is 0 Å². The molecule has 94 valence electrons. The smallest absolute Gasteiger partial charge is 0.131 e.